The Kier molecular flexibility index (Phi) is 5.58. The number of hydrogen-bond donors (Lipinski definition) is 1. The lowest BCUT2D eigenvalue weighted by atomic mass is 9.98. The molecule has 1 atom stereocenters. The number of carbonyl (C=O) groups is 2. The summed E-state index contributed by atoms with van der Waals surface area (Å²) in [7, 11) is 0. The highest BCUT2D eigenvalue weighted by molar-refractivity contribution is 5.92. The first-order valence-electron chi connectivity index (χ1n) is 7.53. The third kappa shape index (κ3) is 4.35. The molecule has 1 aromatic rings. The molecule has 0 aliphatic carbocycles. The van der Waals surface area contributed by atoms with Gasteiger partial charge in [0, 0.05) is 19.2 Å². The van der Waals surface area contributed by atoms with Crippen molar-refractivity contribution in [2.45, 2.75) is 19.8 Å². The van der Waals surface area contributed by atoms with Crippen LogP contribution in [0, 0.1) is 5.92 Å². The van der Waals surface area contributed by atoms with E-state index in [-0.39, 0.29) is 5.91 Å². The number of amides is 1. The first-order chi connectivity index (χ1) is 10.6. The van der Waals surface area contributed by atoms with Gasteiger partial charge < -0.3 is 14.7 Å². The predicted molar refractivity (Wildman–Crippen MR) is 83.6 cm³/mol. The maximum Gasteiger partial charge on any atom is 0.308 e. The molecule has 1 N–H and O–H groups in total. The molecule has 118 valence electrons. The van der Waals surface area contributed by atoms with Crippen molar-refractivity contribution < 1.29 is 19.4 Å². The van der Waals surface area contributed by atoms with Crippen LogP contribution in [-0.4, -0.2) is 41.6 Å². The van der Waals surface area contributed by atoms with Crippen LogP contribution in [0.5, 0.6) is 5.75 Å². The summed E-state index contributed by atoms with van der Waals surface area (Å²) in [5.41, 5.74) is 0.906. The van der Waals surface area contributed by atoms with Crippen molar-refractivity contribution in [1.29, 1.82) is 0 Å². The summed E-state index contributed by atoms with van der Waals surface area (Å²) in [5, 5.41) is 9.05. The van der Waals surface area contributed by atoms with Crippen molar-refractivity contribution >= 4 is 18.0 Å². The molecule has 1 aromatic carbocycles. The fourth-order valence-electron chi connectivity index (χ4n) is 2.49. The van der Waals surface area contributed by atoms with Crippen LogP contribution in [0.25, 0.3) is 6.08 Å². The van der Waals surface area contributed by atoms with Gasteiger partial charge >= 0.3 is 5.97 Å². The molecule has 1 aliphatic rings. The summed E-state index contributed by atoms with van der Waals surface area (Å²) in [5.74, 6) is -0.615. The Morgan fingerprint density at radius 3 is 2.73 bits per heavy atom. The quantitative estimate of drug-likeness (QED) is 0.848. The minimum absolute atomic E-state index is 0.139. The first-order valence-corrected chi connectivity index (χ1v) is 7.53. The van der Waals surface area contributed by atoms with E-state index in [4.69, 9.17) is 9.84 Å². The number of rotatable bonds is 5. The third-order valence-corrected chi connectivity index (χ3v) is 3.69. The zero-order valence-corrected chi connectivity index (χ0v) is 12.7. The number of likely N-dealkylation sites (tertiary alicyclic amines) is 1. The molecule has 0 aromatic heterocycles. The Morgan fingerprint density at radius 2 is 2.09 bits per heavy atom. The average molecular weight is 303 g/mol. The molecule has 0 bridgehead atoms. The van der Waals surface area contributed by atoms with Crippen LogP contribution < -0.4 is 4.74 Å². The Balaban J connectivity index is 1.94. The topological polar surface area (TPSA) is 66.8 Å². The van der Waals surface area contributed by atoms with Crippen molar-refractivity contribution in [3.05, 3.63) is 35.9 Å². The molecule has 1 heterocycles. The SMILES string of the molecule is CCOc1ccc(C=CC(=O)N2CCCC(C(=O)O)C2)cc1. The van der Waals surface area contributed by atoms with Gasteiger partial charge in [-0.3, -0.25) is 9.59 Å². The molecule has 0 saturated carbocycles. The van der Waals surface area contributed by atoms with E-state index in [1.807, 2.05) is 31.2 Å². The van der Waals surface area contributed by atoms with Crippen LogP contribution in [0.1, 0.15) is 25.3 Å². The van der Waals surface area contributed by atoms with Gasteiger partial charge in [-0.1, -0.05) is 12.1 Å². The highest BCUT2D eigenvalue weighted by Crippen LogP contribution is 2.17. The maximum absolute atomic E-state index is 12.1. The van der Waals surface area contributed by atoms with Crippen molar-refractivity contribution in [3.63, 3.8) is 0 Å². The smallest absolute Gasteiger partial charge is 0.308 e. The van der Waals surface area contributed by atoms with Crippen LogP contribution >= 0.6 is 0 Å². The summed E-state index contributed by atoms with van der Waals surface area (Å²) in [6, 6.07) is 7.47. The van der Waals surface area contributed by atoms with Gasteiger partial charge in [0.15, 0.2) is 0 Å². The van der Waals surface area contributed by atoms with Crippen LogP contribution in [0.2, 0.25) is 0 Å². The van der Waals surface area contributed by atoms with Gasteiger partial charge in [0.25, 0.3) is 0 Å². The number of ether oxygens (including phenoxy) is 1. The normalized spacial score (nSPS) is 18.4. The number of benzene rings is 1. The van der Waals surface area contributed by atoms with Crippen molar-refractivity contribution in [2.75, 3.05) is 19.7 Å². The zero-order chi connectivity index (χ0) is 15.9. The van der Waals surface area contributed by atoms with E-state index in [0.717, 1.165) is 17.7 Å². The summed E-state index contributed by atoms with van der Waals surface area (Å²) in [6.45, 7) is 3.46. The van der Waals surface area contributed by atoms with Gasteiger partial charge in [-0.15, -0.1) is 0 Å². The summed E-state index contributed by atoms with van der Waals surface area (Å²) < 4.78 is 5.36. The van der Waals surface area contributed by atoms with Crippen LogP contribution in [-0.2, 0) is 9.59 Å². The molecule has 0 radical (unpaired) electrons. The van der Waals surface area contributed by atoms with E-state index < -0.39 is 11.9 Å². The maximum atomic E-state index is 12.1. The van der Waals surface area contributed by atoms with E-state index in [1.54, 1.807) is 11.0 Å². The predicted octanol–water partition coefficient (Wildman–Crippen LogP) is 2.42. The summed E-state index contributed by atoms with van der Waals surface area (Å²) >= 11 is 0. The van der Waals surface area contributed by atoms with E-state index in [2.05, 4.69) is 0 Å². The second-order valence-electron chi connectivity index (χ2n) is 5.30. The number of carboxylic acid groups (broad SMARTS) is 1. The van der Waals surface area contributed by atoms with E-state index >= 15 is 0 Å². The van der Waals surface area contributed by atoms with Crippen LogP contribution in [0.3, 0.4) is 0 Å². The number of aliphatic carboxylic acids is 1. The highest BCUT2D eigenvalue weighted by Gasteiger charge is 2.26. The van der Waals surface area contributed by atoms with E-state index in [1.165, 1.54) is 6.08 Å². The van der Waals surface area contributed by atoms with Gasteiger partial charge in [0.05, 0.1) is 12.5 Å². The van der Waals surface area contributed by atoms with Gasteiger partial charge in [0.2, 0.25) is 5.91 Å². The molecular weight excluding hydrogens is 282 g/mol. The number of piperidine rings is 1. The molecule has 0 spiro atoms. The minimum Gasteiger partial charge on any atom is -0.494 e. The summed E-state index contributed by atoms with van der Waals surface area (Å²) in [4.78, 5) is 24.8. The molecule has 1 unspecified atom stereocenters. The molecule has 1 amide bonds. The minimum atomic E-state index is -0.826. The molecule has 1 saturated heterocycles. The molecule has 22 heavy (non-hydrogen) atoms. The Morgan fingerprint density at radius 1 is 1.36 bits per heavy atom. The third-order valence-electron chi connectivity index (χ3n) is 3.69. The lowest BCUT2D eigenvalue weighted by Gasteiger charge is -2.29. The van der Waals surface area contributed by atoms with Crippen molar-refractivity contribution in [1.82, 2.24) is 4.90 Å². The largest absolute Gasteiger partial charge is 0.494 e. The van der Waals surface area contributed by atoms with E-state index in [9.17, 15) is 9.59 Å². The van der Waals surface area contributed by atoms with Gasteiger partial charge in [-0.05, 0) is 43.5 Å². The van der Waals surface area contributed by atoms with Crippen molar-refractivity contribution in [3.8, 4) is 5.75 Å². The second kappa shape index (κ2) is 7.64. The fourth-order valence-corrected chi connectivity index (χ4v) is 2.49. The fraction of sp³-hybridized carbons (Fsp3) is 0.412. The molecular formula is C17H21NO4. The monoisotopic (exact) mass is 303 g/mol. The summed E-state index contributed by atoms with van der Waals surface area (Å²) in [6.07, 6.45) is 4.61. The number of carbonyl (C=O) groups excluding carboxylic acids is 1. The molecule has 2 rings (SSSR count). The molecule has 1 aliphatic heterocycles. The Bertz CT molecular complexity index is 550. The zero-order valence-electron chi connectivity index (χ0n) is 12.7. The van der Waals surface area contributed by atoms with Gasteiger partial charge in [0.1, 0.15) is 5.75 Å². The second-order valence-corrected chi connectivity index (χ2v) is 5.30. The van der Waals surface area contributed by atoms with Gasteiger partial charge in [-0.25, -0.2) is 0 Å². The number of nitrogens with zero attached hydrogens (tertiary/aromatic N) is 1. The highest BCUT2D eigenvalue weighted by atomic mass is 16.5. The molecule has 5 nitrogen and oxygen atoms in total. The molecule has 1 fully saturated rings. The van der Waals surface area contributed by atoms with Crippen LogP contribution in [0.4, 0.5) is 0 Å². The van der Waals surface area contributed by atoms with E-state index in [0.29, 0.717) is 26.1 Å². The van der Waals surface area contributed by atoms with Crippen LogP contribution in [0.15, 0.2) is 30.3 Å². The lowest BCUT2D eigenvalue weighted by Crippen LogP contribution is -2.41. The average Bonchev–Trinajstić information content (AvgIpc) is 2.54. The first kappa shape index (κ1) is 16.1. The number of carboxylic acids is 1. The molecule has 5 heteroatoms. The van der Waals surface area contributed by atoms with Gasteiger partial charge in [-0.2, -0.15) is 0 Å². The number of hydrogen-bond acceptors (Lipinski definition) is 3. The van der Waals surface area contributed by atoms with Crippen molar-refractivity contribution in [2.24, 2.45) is 5.92 Å². The lowest BCUT2D eigenvalue weighted by molar-refractivity contribution is -0.144. The Hall–Kier alpha value is -2.30. The Labute approximate surface area is 130 Å². The standard InChI is InChI=1S/C17H21NO4/c1-2-22-15-8-5-13(6-9-15)7-10-16(19)18-11-3-4-14(12-18)17(20)21/h5-10,14H,2-4,11-12H2,1H3,(H,20,21).